The lowest BCUT2D eigenvalue weighted by molar-refractivity contribution is 0.0846. The van der Waals surface area contributed by atoms with Crippen molar-refractivity contribution in [3.05, 3.63) is 58.0 Å². The highest BCUT2D eigenvalue weighted by Crippen LogP contribution is 2.14. The van der Waals surface area contributed by atoms with Crippen molar-refractivity contribution in [3.8, 4) is 0 Å². The maximum absolute atomic E-state index is 13.7. The molecule has 116 valence electrons. The molecule has 0 amide bonds. The van der Waals surface area contributed by atoms with Crippen LogP contribution in [-0.2, 0) is 6.54 Å². The van der Waals surface area contributed by atoms with Gasteiger partial charge < -0.3 is 0 Å². The average molecular weight is 318 g/mol. The highest BCUT2D eigenvalue weighted by Gasteiger charge is 2.20. The number of ketones is 1. The van der Waals surface area contributed by atoms with E-state index in [1.165, 1.54) is 17.4 Å². The van der Waals surface area contributed by atoms with Gasteiger partial charge in [-0.05, 0) is 17.5 Å². The minimum absolute atomic E-state index is 0.141. The van der Waals surface area contributed by atoms with Gasteiger partial charge in [-0.2, -0.15) is 0 Å². The van der Waals surface area contributed by atoms with E-state index in [0.717, 1.165) is 36.6 Å². The fraction of sp³-hybridized carbons (Fsp3) is 0.353. The van der Waals surface area contributed by atoms with Crippen LogP contribution in [0.2, 0.25) is 0 Å². The minimum Gasteiger partial charge on any atom is -0.296 e. The van der Waals surface area contributed by atoms with E-state index in [4.69, 9.17) is 0 Å². The van der Waals surface area contributed by atoms with Crippen LogP contribution in [0.1, 0.15) is 15.2 Å². The Morgan fingerprint density at radius 3 is 2.45 bits per heavy atom. The van der Waals surface area contributed by atoms with Crippen LogP contribution in [0.15, 0.2) is 41.8 Å². The predicted octanol–water partition coefficient (Wildman–Crippen LogP) is 2.89. The van der Waals surface area contributed by atoms with Crippen molar-refractivity contribution < 1.29 is 9.18 Å². The van der Waals surface area contributed by atoms with Gasteiger partial charge >= 0.3 is 0 Å². The third-order valence-electron chi connectivity index (χ3n) is 3.98. The minimum atomic E-state index is -0.141. The summed E-state index contributed by atoms with van der Waals surface area (Å²) in [7, 11) is 0. The first-order chi connectivity index (χ1) is 10.7. The smallest absolute Gasteiger partial charge is 0.186 e. The van der Waals surface area contributed by atoms with Gasteiger partial charge in [0, 0.05) is 38.3 Å². The Bertz CT molecular complexity index is 621. The summed E-state index contributed by atoms with van der Waals surface area (Å²) in [6, 6.07) is 10.7. The number of piperazine rings is 1. The quantitative estimate of drug-likeness (QED) is 0.792. The number of hydrogen-bond acceptors (Lipinski definition) is 4. The van der Waals surface area contributed by atoms with E-state index in [1.807, 2.05) is 29.6 Å². The maximum atomic E-state index is 13.7. The Hall–Kier alpha value is -1.56. The van der Waals surface area contributed by atoms with Gasteiger partial charge in [-0.1, -0.05) is 24.3 Å². The fourth-order valence-corrected chi connectivity index (χ4v) is 3.35. The van der Waals surface area contributed by atoms with Crippen LogP contribution in [0, 0.1) is 5.82 Å². The van der Waals surface area contributed by atoms with Crippen molar-refractivity contribution in [3.63, 3.8) is 0 Å². The average Bonchev–Trinajstić information content (AvgIpc) is 3.06. The second-order valence-electron chi connectivity index (χ2n) is 5.54. The molecular weight excluding hydrogens is 299 g/mol. The van der Waals surface area contributed by atoms with Gasteiger partial charge in [0.1, 0.15) is 5.82 Å². The number of hydrogen-bond donors (Lipinski definition) is 0. The molecule has 1 aromatic carbocycles. The second kappa shape index (κ2) is 7.13. The summed E-state index contributed by atoms with van der Waals surface area (Å²) in [5.41, 5.74) is 0.741. The summed E-state index contributed by atoms with van der Waals surface area (Å²) >= 11 is 1.50. The van der Waals surface area contributed by atoms with Gasteiger partial charge in [-0.3, -0.25) is 14.6 Å². The number of thiophene rings is 1. The Balaban J connectivity index is 1.48. The van der Waals surface area contributed by atoms with Crippen molar-refractivity contribution in [2.75, 3.05) is 32.7 Å². The van der Waals surface area contributed by atoms with Crippen LogP contribution in [-0.4, -0.2) is 48.3 Å². The second-order valence-corrected chi connectivity index (χ2v) is 6.49. The van der Waals surface area contributed by atoms with Gasteiger partial charge in [0.2, 0.25) is 0 Å². The monoisotopic (exact) mass is 318 g/mol. The molecule has 2 heterocycles. The highest BCUT2D eigenvalue weighted by molar-refractivity contribution is 7.12. The molecule has 0 unspecified atom stereocenters. The molecule has 0 spiro atoms. The van der Waals surface area contributed by atoms with Crippen molar-refractivity contribution in [1.29, 1.82) is 0 Å². The van der Waals surface area contributed by atoms with Crippen molar-refractivity contribution in [2.45, 2.75) is 6.54 Å². The van der Waals surface area contributed by atoms with E-state index in [1.54, 1.807) is 6.07 Å². The summed E-state index contributed by atoms with van der Waals surface area (Å²) in [6.45, 7) is 4.56. The molecule has 1 fully saturated rings. The fourth-order valence-electron chi connectivity index (χ4n) is 2.69. The van der Waals surface area contributed by atoms with Crippen molar-refractivity contribution >= 4 is 17.1 Å². The molecule has 1 aliphatic heterocycles. The molecule has 2 aromatic rings. The van der Waals surface area contributed by atoms with E-state index in [9.17, 15) is 9.18 Å². The lowest BCUT2D eigenvalue weighted by atomic mass is 10.2. The Kier molecular flexibility index (Phi) is 4.97. The Morgan fingerprint density at radius 1 is 1.05 bits per heavy atom. The molecule has 1 aliphatic rings. The van der Waals surface area contributed by atoms with Gasteiger partial charge in [0.25, 0.3) is 0 Å². The first kappa shape index (κ1) is 15.3. The maximum Gasteiger partial charge on any atom is 0.186 e. The molecule has 3 rings (SSSR count). The first-order valence-corrected chi connectivity index (χ1v) is 8.35. The Morgan fingerprint density at radius 2 is 1.77 bits per heavy atom. The van der Waals surface area contributed by atoms with Crippen LogP contribution in [0.4, 0.5) is 4.39 Å². The van der Waals surface area contributed by atoms with Gasteiger partial charge in [0.05, 0.1) is 11.4 Å². The molecule has 1 saturated heterocycles. The number of halogens is 1. The SMILES string of the molecule is O=C(CN1CCN(Cc2ccccc2F)CC1)c1cccs1. The molecule has 0 saturated carbocycles. The molecule has 3 nitrogen and oxygen atoms in total. The predicted molar refractivity (Wildman–Crippen MR) is 86.8 cm³/mol. The molecule has 22 heavy (non-hydrogen) atoms. The number of rotatable bonds is 5. The van der Waals surface area contributed by atoms with E-state index in [0.29, 0.717) is 13.1 Å². The van der Waals surface area contributed by atoms with Gasteiger partial charge in [-0.15, -0.1) is 11.3 Å². The molecule has 0 atom stereocenters. The zero-order valence-corrected chi connectivity index (χ0v) is 13.2. The third-order valence-corrected chi connectivity index (χ3v) is 4.89. The number of benzene rings is 1. The number of Topliss-reactive ketones (excluding diaryl/α,β-unsaturated/α-hetero) is 1. The Labute approximate surface area is 134 Å². The number of carbonyl (C=O) groups is 1. The molecule has 0 radical (unpaired) electrons. The summed E-state index contributed by atoms with van der Waals surface area (Å²) in [6.07, 6.45) is 0. The number of carbonyl (C=O) groups excluding carboxylic acids is 1. The summed E-state index contributed by atoms with van der Waals surface area (Å²) in [5, 5.41) is 1.93. The lowest BCUT2D eigenvalue weighted by Gasteiger charge is -2.34. The summed E-state index contributed by atoms with van der Waals surface area (Å²) < 4.78 is 13.7. The van der Waals surface area contributed by atoms with E-state index < -0.39 is 0 Å². The molecule has 0 aliphatic carbocycles. The van der Waals surface area contributed by atoms with Crippen LogP contribution in [0.5, 0.6) is 0 Å². The zero-order chi connectivity index (χ0) is 15.4. The zero-order valence-electron chi connectivity index (χ0n) is 12.4. The van der Waals surface area contributed by atoms with E-state index >= 15 is 0 Å². The molecule has 0 N–H and O–H groups in total. The molecule has 0 bridgehead atoms. The van der Waals surface area contributed by atoms with E-state index in [-0.39, 0.29) is 11.6 Å². The summed E-state index contributed by atoms with van der Waals surface area (Å²) in [5.74, 6) is 0.0513. The highest BCUT2D eigenvalue weighted by atomic mass is 32.1. The van der Waals surface area contributed by atoms with Crippen LogP contribution < -0.4 is 0 Å². The van der Waals surface area contributed by atoms with Crippen LogP contribution in [0.25, 0.3) is 0 Å². The van der Waals surface area contributed by atoms with E-state index in [2.05, 4.69) is 9.80 Å². The third kappa shape index (κ3) is 3.80. The lowest BCUT2D eigenvalue weighted by Crippen LogP contribution is -2.47. The van der Waals surface area contributed by atoms with Gasteiger partial charge in [0.15, 0.2) is 5.78 Å². The molecule has 5 heteroatoms. The van der Waals surface area contributed by atoms with Crippen molar-refractivity contribution in [2.24, 2.45) is 0 Å². The molecular formula is C17H19FN2OS. The van der Waals surface area contributed by atoms with Gasteiger partial charge in [-0.25, -0.2) is 4.39 Å². The van der Waals surface area contributed by atoms with Crippen molar-refractivity contribution in [1.82, 2.24) is 9.80 Å². The van der Waals surface area contributed by atoms with Crippen LogP contribution >= 0.6 is 11.3 Å². The largest absolute Gasteiger partial charge is 0.296 e. The van der Waals surface area contributed by atoms with Crippen LogP contribution in [0.3, 0.4) is 0 Å². The topological polar surface area (TPSA) is 23.6 Å². The molecule has 1 aromatic heterocycles. The first-order valence-electron chi connectivity index (χ1n) is 7.47. The normalized spacial score (nSPS) is 16.8. The summed E-state index contributed by atoms with van der Waals surface area (Å²) in [4.78, 5) is 17.3. The number of nitrogens with zero attached hydrogens (tertiary/aromatic N) is 2. The standard InChI is InChI=1S/C17H19FN2OS/c18-15-5-2-1-4-14(15)12-19-7-9-20(10-8-19)13-16(21)17-6-3-11-22-17/h1-6,11H,7-10,12-13H2.